The summed E-state index contributed by atoms with van der Waals surface area (Å²) in [6.07, 6.45) is 10.1. The summed E-state index contributed by atoms with van der Waals surface area (Å²) in [5.41, 5.74) is -0.0667. The lowest BCUT2D eigenvalue weighted by atomic mass is 9.81. The summed E-state index contributed by atoms with van der Waals surface area (Å²) < 4.78 is 0. The van der Waals surface area contributed by atoms with Crippen LogP contribution in [0.5, 0.6) is 0 Å². The quantitative estimate of drug-likeness (QED) is 0.712. The number of halogens is 1. The molecule has 2 rings (SSSR count). The van der Waals surface area contributed by atoms with Crippen molar-refractivity contribution in [1.29, 1.82) is 0 Å². The van der Waals surface area contributed by atoms with E-state index in [0.29, 0.717) is 5.91 Å². The molecular formula is C15H26ClNO. The van der Waals surface area contributed by atoms with Crippen LogP contribution in [0.1, 0.15) is 64.7 Å². The van der Waals surface area contributed by atoms with Gasteiger partial charge in [-0.05, 0) is 32.1 Å². The maximum absolute atomic E-state index is 12.8. The van der Waals surface area contributed by atoms with Gasteiger partial charge in [0.25, 0.3) is 0 Å². The highest BCUT2D eigenvalue weighted by Crippen LogP contribution is 2.43. The Morgan fingerprint density at radius 1 is 1.22 bits per heavy atom. The molecule has 18 heavy (non-hydrogen) atoms. The van der Waals surface area contributed by atoms with Crippen LogP contribution < -0.4 is 0 Å². The fourth-order valence-electron chi connectivity index (χ4n) is 3.80. The summed E-state index contributed by atoms with van der Waals surface area (Å²) in [5.74, 6) is 0.361. The van der Waals surface area contributed by atoms with Crippen molar-refractivity contribution < 1.29 is 4.79 Å². The summed E-state index contributed by atoms with van der Waals surface area (Å²) in [7, 11) is 1.98. The normalized spacial score (nSPS) is 31.3. The minimum atomic E-state index is -0.0667. The van der Waals surface area contributed by atoms with Crippen LogP contribution in [0.2, 0.25) is 0 Å². The van der Waals surface area contributed by atoms with E-state index in [0.717, 1.165) is 32.1 Å². The van der Waals surface area contributed by atoms with E-state index in [4.69, 9.17) is 11.6 Å². The molecule has 0 N–H and O–H groups in total. The molecule has 2 aliphatic rings. The molecule has 0 aromatic carbocycles. The van der Waals surface area contributed by atoms with Crippen LogP contribution >= 0.6 is 11.6 Å². The molecule has 2 atom stereocenters. The minimum absolute atomic E-state index is 0.0667. The first-order valence-corrected chi connectivity index (χ1v) is 7.96. The lowest BCUT2D eigenvalue weighted by Gasteiger charge is -2.40. The maximum Gasteiger partial charge on any atom is 0.228 e. The first-order valence-electron chi connectivity index (χ1n) is 7.52. The van der Waals surface area contributed by atoms with Crippen LogP contribution in [-0.2, 0) is 4.79 Å². The molecule has 0 heterocycles. The third-order valence-corrected chi connectivity index (χ3v) is 5.67. The highest BCUT2D eigenvalue weighted by Gasteiger charge is 2.43. The van der Waals surface area contributed by atoms with Gasteiger partial charge in [-0.3, -0.25) is 4.79 Å². The third-order valence-electron chi connectivity index (χ3n) is 5.16. The minimum Gasteiger partial charge on any atom is -0.341 e. The van der Waals surface area contributed by atoms with Gasteiger partial charge in [0, 0.05) is 18.5 Å². The molecule has 0 radical (unpaired) electrons. The molecule has 2 aliphatic carbocycles. The van der Waals surface area contributed by atoms with Crippen molar-refractivity contribution in [1.82, 2.24) is 4.90 Å². The van der Waals surface area contributed by atoms with Crippen LogP contribution in [0.15, 0.2) is 0 Å². The van der Waals surface area contributed by atoms with Gasteiger partial charge in [-0.1, -0.05) is 32.6 Å². The lowest BCUT2D eigenvalue weighted by molar-refractivity contribution is -0.143. The number of carbonyl (C=O) groups is 1. The second-order valence-corrected chi connectivity index (χ2v) is 6.69. The van der Waals surface area contributed by atoms with Crippen molar-refractivity contribution in [3.8, 4) is 0 Å². The monoisotopic (exact) mass is 271 g/mol. The van der Waals surface area contributed by atoms with Crippen LogP contribution in [0.3, 0.4) is 0 Å². The number of nitrogens with zero attached hydrogens (tertiary/aromatic N) is 1. The number of alkyl halides is 1. The zero-order valence-corrected chi connectivity index (χ0v) is 12.5. The van der Waals surface area contributed by atoms with Crippen molar-refractivity contribution in [2.45, 2.75) is 76.1 Å². The van der Waals surface area contributed by atoms with Gasteiger partial charge in [-0.25, -0.2) is 0 Å². The zero-order valence-electron chi connectivity index (χ0n) is 11.8. The Kier molecular flexibility index (Phi) is 4.58. The first kappa shape index (κ1) is 14.2. The number of carbonyl (C=O) groups excluding carboxylic acids is 1. The Morgan fingerprint density at radius 2 is 1.83 bits per heavy atom. The van der Waals surface area contributed by atoms with E-state index >= 15 is 0 Å². The summed E-state index contributed by atoms with van der Waals surface area (Å²) in [6, 6.07) is 0.261. The Balaban J connectivity index is 2.07. The molecule has 2 saturated carbocycles. The van der Waals surface area contributed by atoms with E-state index in [1.54, 1.807) is 0 Å². The highest BCUT2D eigenvalue weighted by molar-refractivity contribution is 6.21. The highest BCUT2D eigenvalue weighted by atomic mass is 35.5. The first-order chi connectivity index (χ1) is 8.60. The topological polar surface area (TPSA) is 20.3 Å². The number of rotatable bonds is 3. The van der Waals surface area contributed by atoms with E-state index in [1.807, 2.05) is 11.9 Å². The van der Waals surface area contributed by atoms with Crippen molar-refractivity contribution in [3.05, 3.63) is 0 Å². The Bertz CT molecular complexity index is 299. The van der Waals surface area contributed by atoms with Crippen LogP contribution in [0, 0.1) is 5.41 Å². The molecule has 0 bridgehead atoms. The van der Waals surface area contributed by atoms with Crippen molar-refractivity contribution in [2.75, 3.05) is 7.05 Å². The molecule has 3 heteroatoms. The van der Waals surface area contributed by atoms with Crippen LogP contribution in [0.4, 0.5) is 0 Å². The van der Waals surface area contributed by atoms with Gasteiger partial charge in [0.15, 0.2) is 0 Å². The number of hydrogen-bond acceptors (Lipinski definition) is 1. The van der Waals surface area contributed by atoms with E-state index in [1.165, 1.54) is 25.7 Å². The standard InChI is InChI=1S/C15H26ClNO/c1-3-15(10-6-7-11-15)14(18)17(2)13-9-5-4-8-12(13)16/h12-13H,3-11H2,1-2H3. The van der Waals surface area contributed by atoms with Crippen molar-refractivity contribution >= 4 is 17.5 Å². The molecule has 0 saturated heterocycles. The predicted molar refractivity (Wildman–Crippen MR) is 75.9 cm³/mol. The van der Waals surface area contributed by atoms with Crippen molar-refractivity contribution in [2.24, 2.45) is 5.41 Å². The van der Waals surface area contributed by atoms with E-state index < -0.39 is 0 Å². The molecule has 2 nitrogen and oxygen atoms in total. The summed E-state index contributed by atoms with van der Waals surface area (Å²) in [5, 5.41) is 0.156. The smallest absolute Gasteiger partial charge is 0.228 e. The van der Waals surface area contributed by atoms with E-state index in [2.05, 4.69) is 6.92 Å². The molecule has 2 fully saturated rings. The zero-order chi connectivity index (χ0) is 13.2. The average Bonchev–Trinajstić information content (AvgIpc) is 2.87. The average molecular weight is 272 g/mol. The fraction of sp³-hybridized carbons (Fsp3) is 0.933. The Labute approximate surface area is 116 Å². The van der Waals surface area contributed by atoms with Gasteiger partial charge in [-0.15, -0.1) is 11.6 Å². The second kappa shape index (κ2) is 5.81. The molecule has 0 aliphatic heterocycles. The second-order valence-electron chi connectivity index (χ2n) is 6.12. The number of amides is 1. The summed E-state index contributed by atoms with van der Waals surface area (Å²) in [6.45, 7) is 2.16. The molecule has 104 valence electrons. The SMILES string of the molecule is CCC1(C(=O)N(C)C2CCCCC2Cl)CCCC1. The molecule has 1 amide bonds. The lowest BCUT2D eigenvalue weighted by Crippen LogP contribution is -2.49. The van der Waals surface area contributed by atoms with Gasteiger partial charge in [-0.2, -0.15) is 0 Å². The molecule has 0 spiro atoms. The molecule has 0 aromatic rings. The fourth-order valence-corrected chi connectivity index (χ4v) is 4.25. The van der Waals surface area contributed by atoms with Gasteiger partial charge in [0.2, 0.25) is 5.91 Å². The van der Waals surface area contributed by atoms with E-state index in [-0.39, 0.29) is 16.8 Å². The van der Waals surface area contributed by atoms with Crippen LogP contribution in [-0.4, -0.2) is 29.3 Å². The Hall–Kier alpha value is -0.240. The van der Waals surface area contributed by atoms with Gasteiger partial charge < -0.3 is 4.90 Å². The van der Waals surface area contributed by atoms with Gasteiger partial charge in [0.05, 0.1) is 5.38 Å². The van der Waals surface area contributed by atoms with Gasteiger partial charge in [0.1, 0.15) is 0 Å². The van der Waals surface area contributed by atoms with E-state index in [9.17, 15) is 4.79 Å². The maximum atomic E-state index is 12.8. The molecule has 2 unspecified atom stereocenters. The molecular weight excluding hydrogens is 246 g/mol. The summed E-state index contributed by atoms with van der Waals surface area (Å²) >= 11 is 6.42. The predicted octanol–water partition coefficient (Wildman–Crippen LogP) is 3.97. The van der Waals surface area contributed by atoms with Crippen molar-refractivity contribution in [3.63, 3.8) is 0 Å². The molecule has 0 aromatic heterocycles. The van der Waals surface area contributed by atoms with Crippen LogP contribution in [0.25, 0.3) is 0 Å². The largest absolute Gasteiger partial charge is 0.341 e. The number of hydrogen-bond donors (Lipinski definition) is 0. The van der Waals surface area contributed by atoms with Gasteiger partial charge >= 0.3 is 0 Å². The third kappa shape index (κ3) is 2.54. The Morgan fingerprint density at radius 3 is 2.39 bits per heavy atom. The summed E-state index contributed by atoms with van der Waals surface area (Å²) in [4.78, 5) is 14.8.